The molecule has 64 heavy (non-hydrogen) atoms. The monoisotopic (exact) mass is 897 g/mol. The van der Waals surface area contributed by atoms with Gasteiger partial charge in [0.25, 0.3) is 0 Å². The molecule has 0 saturated carbocycles. The lowest BCUT2D eigenvalue weighted by atomic mass is 9.74. The Labute approximate surface area is 367 Å². The average molecular weight is 898 g/mol. The van der Waals surface area contributed by atoms with E-state index in [2.05, 4.69) is 0 Å². The number of phenols is 1. The number of hydrogen-bond acceptors (Lipinski definition) is 19. The molecule has 4 fully saturated rings. The van der Waals surface area contributed by atoms with Gasteiger partial charge in [-0.1, -0.05) is 6.07 Å². The van der Waals surface area contributed by atoms with Gasteiger partial charge in [-0.3, -0.25) is 14.4 Å². The molecule has 5 aliphatic rings. The molecule has 0 amide bonds. The molecule has 16 atom stereocenters. The molecule has 3 aromatic rings. The maximum Gasteiger partial charge on any atom is 0.345 e. The van der Waals surface area contributed by atoms with Crippen molar-refractivity contribution in [2.45, 2.75) is 151 Å². The van der Waals surface area contributed by atoms with E-state index in [1.807, 2.05) is 0 Å². The number of aliphatic hydroxyl groups is 4. The molecule has 0 spiro atoms. The zero-order chi connectivity index (χ0) is 46.7. The standard InChI is InChI=1S/C45H55NO18/c1-16-32(48)25(56-7)14-28(60-16)63-40-18(3)59-26(15-43(40,5)46)20-10-11-21-29(35(20)51)36(52)30-22(34(21)50)12-23(31-24(47)13-27(62-38(30)31)44(6)19(4)64-44)45(55,42(54)58-9)41-37(53)39(57-8)33(49)17(2)61-41/h10-13,16-19,25-26,28,32-33,37,39-41,48-49,51,53,55H,14-15,46H2,1-9H3. The molecule has 0 bridgehead atoms. The normalized spacial score (nSPS) is 38.3. The molecule has 348 valence electrons. The number of hydrogen-bond donors (Lipinski definition) is 6. The molecular weight excluding hydrogens is 842 g/mol. The summed E-state index contributed by atoms with van der Waals surface area (Å²) < 4.78 is 52.5. The lowest BCUT2D eigenvalue weighted by Crippen LogP contribution is -2.65. The minimum atomic E-state index is -3.11. The van der Waals surface area contributed by atoms with Crippen LogP contribution >= 0.6 is 0 Å². The van der Waals surface area contributed by atoms with E-state index in [1.165, 1.54) is 33.3 Å². The van der Waals surface area contributed by atoms with Crippen molar-refractivity contribution in [2.75, 3.05) is 21.3 Å². The third kappa shape index (κ3) is 7.03. The van der Waals surface area contributed by atoms with E-state index in [-0.39, 0.29) is 29.7 Å². The Kier molecular flexibility index (Phi) is 11.8. The molecule has 19 nitrogen and oxygen atoms in total. The number of phenolic OH excluding ortho intramolecular Hbond substituents is 1. The summed E-state index contributed by atoms with van der Waals surface area (Å²) in [6, 6.07) is 4.80. The summed E-state index contributed by atoms with van der Waals surface area (Å²) in [5.41, 5.74) is -1.94. The lowest BCUT2D eigenvalue weighted by molar-refractivity contribution is -0.291. The van der Waals surface area contributed by atoms with Gasteiger partial charge in [-0.05, 0) is 60.1 Å². The van der Waals surface area contributed by atoms with E-state index in [0.717, 1.165) is 19.2 Å². The van der Waals surface area contributed by atoms with Crippen LogP contribution in [0.4, 0.5) is 0 Å². The minimum Gasteiger partial charge on any atom is -0.507 e. The van der Waals surface area contributed by atoms with Crippen molar-refractivity contribution < 1.29 is 82.2 Å². The highest BCUT2D eigenvalue weighted by atomic mass is 16.7. The van der Waals surface area contributed by atoms with Crippen molar-refractivity contribution >= 4 is 28.5 Å². The molecule has 19 heteroatoms. The molecule has 7 N–H and O–H groups in total. The Morgan fingerprint density at radius 3 is 2.14 bits per heavy atom. The van der Waals surface area contributed by atoms with E-state index >= 15 is 4.79 Å². The van der Waals surface area contributed by atoms with Crippen LogP contribution in [0, 0.1) is 0 Å². The third-order valence-electron chi connectivity index (χ3n) is 13.9. The summed E-state index contributed by atoms with van der Waals surface area (Å²) in [6.07, 6.45) is -13.2. The van der Waals surface area contributed by atoms with Crippen LogP contribution in [0.1, 0.15) is 109 Å². The van der Waals surface area contributed by atoms with Crippen molar-refractivity contribution in [2.24, 2.45) is 5.73 Å². The number of methoxy groups -OCH3 is 3. The predicted molar refractivity (Wildman–Crippen MR) is 220 cm³/mol. The second-order valence-corrected chi connectivity index (χ2v) is 18.0. The van der Waals surface area contributed by atoms with Crippen molar-refractivity contribution in [3.05, 3.63) is 73.6 Å². The molecule has 5 heterocycles. The van der Waals surface area contributed by atoms with Crippen LogP contribution in [0.3, 0.4) is 0 Å². The van der Waals surface area contributed by atoms with Gasteiger partial charge in [0.05, 0.1) is 60.2 Å². The molecule has 4 saturated heterocycles. The fraction of sp³-hybridized carbons (Fsp3) is 0.600. The number of carbonyl (C=O) groups is 3. The van der Waals surface area contributed by atoms with Crippen LogP contribution in [0.25, 0.3) is 11.0 Å². The van der Waals surface area contributed by atoms with E-state index in [1.54, 1.807) is 34.6 Å². The highest BCUT2D eigenvalue weighted by Gasteiger charge is 2.60. The molecule has 2 aromatic carbocycles. The second kappa shape index (κ2) is 16.3. The summed E-state index contributed by atoms with van der Waals surface area (Å²) in [6.45, 7) is 9.96. The summed E-state index contributed by atoms with van der Waals surface area (Å²) in [7, 11) is 3.62. The Bertz CT molecular complexity index is 2450. The van der Waals surface area contributed by atoms with Gasteiger partial charge in [-0.2, -0.15) is 0 Å². The highest BCUT2D eigenvalue weighted by molar-refractivity contribution is 6.32. The number of fused-ring (bicyclic) bond motifs is 4. The average Bonchev–Trinajstić information content (AvgIpc) is 3.88. The smallest absolute Gasteiger partial charge is 0.345 e. The van der Waals surface area contributed by atoms with E-state index in [0.29, 0.717) is 0 Å². The number of nitrogens with two attached hydrogens (primary N) is 1. The number of aliphatic hydroxyl groups excluding tert-OH is 3. The third-order valence-corrected chi connectivity index (χ3v) is 13.9. The maximum atomic E-state index is 15.0. The van der Waals surface area contributed by atoms with Gasteiger partial charge in [0.2, 0.25) is 11.4 Å². The van der Waals surface area contributed by atoms with Crippen molar-refractivity contribution in [3.8, 4) is 5.75 Å². The predicted octanol–water partition coefficient (Wildman–Crippen LogP) is 1.26. The number of carbonyl (C=O) groups excluding carboxylic acids is 3. The van der Waals surface area contributed by atoms with Gasteiger partial charge in [0.15, 0.2) is 23.1 Å². The number of epoxide rings is 1. The Morgan fingerprint density at radius 2 is 1.53 bits per heavy atom. The van der Waals surface area contributed by atoms with Crippen LogP contribution in [-0.2, 0) is 53.9 Å². The molecule has 0 radical (unpaired) electrons. The zero-order valence-electron chi connectivity index (χ0n) is 36.8. The van der Waals surface area contributed by atoms with E-state index in [9.17, 15) is 39.9 Å². The minimum absolute atomic E-state index is 0.0433. The Balaban J connectivity index is 1.24. The Hall–Kier alpha value is -4.22. The van der Waals surface area contributed by atoms with Crippen LogP contribution in [0.5, 0.6) is 5.75 Å². The van der Waals surface area contributed by atoms with Crippen LogP contribution in [0.15, 0.2) is 33.5 Å². The lowest BCUT2D eigenvalue weighted by Gasteiger charge is -2.48. The second-order valence-electron chi connectivity index (χ2n) is 18.0. The van der Waals surface area contributed by atoms with E-state index in [4.69, 9.17) is 48.0 Å². The summed E-state index contributed by atoms with van der Waals surface area (Å²) in [4.78, 5) is 58.1. The fourth-order valence-corrected chi connectivity index (χ4v) is 10.00. The van der Waals surface area contributed by atoms with Gasteiger partial charge in [0, 0.05) is 54.5 Å². The molecule has 1 aliphatic carbocycles. The van der Waals surface area contributed by atoms with Crippen molar-refractivity contribution in [3.63, 3.8) is 0 Å². The molecule has 8 rings (SSSR count). The van der Waals surface area contributed by atoms with Gasteiger partial charge >= 0.3 is 5.97 Å². The number of benzene rings is 2. The topological polar surface area (TPSA) is 286 Å². The first kappa shape index (κ1) is 46.3. The number of esters is 1. The first-order valence-electron chi connectivity index (χ1n) is 21.2. The molecular formula is C45H55NO18. The zero-order valence-corrected chi connectivity index (χ0v) is 36.8. The SMILES string of the molecule is COC(=O)C(O)(c1cc2c(c3oc(C4(C)OC4C)cc(=O)c13)C(=O)c1c(ccc(C3CC(C)(N)C(OC4CC(OC)C(O)C(C)O4)C(C)O3)c1O)C2=O)C1OC(C)C(O)C(OC)C1O. The first-order chi connectivity index (χ1) is 30.0. The van der Waals surface area contributed by atoms with Gasteiger partial charge in [0.1, 0.15) is 53.7 Å². The summed E-state index contributed by atoms with van der Waals surface area (Å²) in [5.74, 6) is -3.88. The van der Waals surface area contributed by atoms with Crippen LogP contribution in [0.2, 0.25) is 0 Å². The fourth-order valence-electron chi connectivity index (χ4n) is 10.00. The summed E-state index contributed by atoms with van der Waals surface area (Å²) >= 11 is 0. The first-order valence-corrected chi connectivity index (χ1v) is 21.2. The van der Waals surface area contributed by atoms with Gasteiger partial charge in [-0.25, -0.2) is 4.79 Å². The molecule has 16 unspecified atom stereocenters. The van der Waals surface area contributed by atoms with E-state index < -0.39 is 158 Å². The summed E-state index contributed by atoms with van der Waals surface area (Å²) in [5, 5.41) is 56.9. The molecule has 4 aliphatic heterocycles. The van der Waals surface area contributed by atoms with Crippen LogP contribution in [-0.4, -0.2) is 143 Å². The number of ether oxygens (including phenoxy) is 8. The quantitative estimate of drug-likeness (QED) is 0.102. The number of ketones is 2. The Morgan fingerprint density at radius 1 is 0.859 bits per heavy atom. The highest BCUT2D eigenvalue weighted by Crippen LogP contribution is 2.50. The van der Waals surface area contributed by atoms with Crippen molar-refractivity contribution in [1.29, 1.82) is 0 Å². The maximum absolute atomic E-state index is 15.0. The molecule has 1 aromatic heterocycles. The van der Waals surface area contributed by atoms with Gasteiger partial charge in [-0.15, -0.1) is 0 Å². The van der Waals surface area contributed by atoms with Crippen LogP contribution < -0.4 is 11.2 Å². The van der Waals surface area contributed by atoms with Gasteiger partial charge < -0.3 is 73.6 Å². The number of aromatic hydroxyl groups is 1. The number of rotatable bonds is 9. The van der Waals surface area contributed by atoms with Crippen molar-refractivity contribution in [1.82, 2.24) is 0 Å². The largest absolute Gasteiger partial charge is 0.507 e.